The summed E-state index contributed by atoms with van der Waals surface area (Å²) in [6.45, 7) is 0. The minimum Gasteiger partial charge on any atom is -0.494 e. The molecule has 9 nitrogen and oxygen atoms in total. The summed E-state index contributed by atoms with van der Waals surface area (Å²) in [6.07, 6.45) is 2.26. The lowest BCUT2D eigenvalue weighted by molar-refractivity contribution is -0.139. The van der Waals surface area contributed by atoms with Gasteiger partial charge in [0.25, 0.3) is 0 Å². The Morgan fingerprint density at radius 3 is 2.03 bits per heavy atom. The number of nitrogens with one attached hydrogen (secondary N) is 2. The number of rotatable bonds is 6. The Kier molecular flexibility index (Phi) is 6.58. The van der Waals surface area contributed by atoms with Crippen LogP contribution in [0.3, 0.4) is 0 Å². The van der Waals surface area contributed by atoms with Gasteiger partial charge in [0.2, 0.25) is 0 Å². The van der Waals surface area contributed by atoms with Crippen LogP contribution in [0.5, 0.6) is 5.88 Å². The van der Waals surface area contributed by atoms with E-state index >= 15 is 0 Å². The first-order valence-corrected chi connectivity index (χ1v) is 9.58. The van der Waals surface area contributed by atoms with Gasteiger partial charge in [-0.25, -0.2) is 0 Å². The highest BCUT2D eigenvalue weighted by atomic mass is 16.4. The maximum Gasteiger partial charge on any atom is 0.320 e. The second-order valence-corrected chi connectivity index (χ2v) is 7.15. The largest absolute Gasteiger partial charge is 0.494 e. The number of H-pyrrole nitrogens is 2. The van der Waals surface area contributed by atoms with Crippen molar-refractivity contribution in [3.8, 4) is 5.88 Å². The molecular formula is C22H24N4O5. The van der Waals surface area contributed by atoms with Crippen molar-refractivity contribution < 1.29 is 24.9 Å². The number of hydrogen-bond acceptors (Lipinski definition) is 5. The second kappa shape index (κ2) is 9.33. The third-order valence-electron chi connectivity index (χ3n) is 4.96. The molecule has 2 heterocycles. The fraction of sp³-hybridized carbons (Fsp3) is 0.182. The lowest BCUT2D eigenvalue weighted by atomic mass is 10.1. The third kappa shape index (κ3) is 5.03. The van der Waals surface area contributed by atoms with Gasteiger partial charge < -0.3 is 36.8 Å². The van der Waals surface area contributed by atoms with E-state index < -0.39 is 24.0 Å². The molecule has 2 aromatic heterocycles. The molecule has 0 fully saturated rings. The summed E-state index contributed by atoms with van der Waals surface area (Å²) in [4.78, 5) is 27.1. The van der Waals surface area contributed by atoms with E-state index in [9.17, 15) is 14.7 Å². The monoisotopic (exact) mass is 424 g/mol. The zero-order valence-corrected chi connectivity index (χ0v) is 16.6. The molecule has 0 spiro atoms. The molecule has 0 aliphatic heterocycles. The molecule has 2 atom stereocenters. The Morgan fingerprint density at radius 1 is 0.839 bits per heavy atom. The number of aromatic amines is 2. The van der Waals surface area contributed by atoms with E-state index in [1.54, 1.807) is 0 Å². The molecule has 0 saturated heterocycles. The molecule has 4 rings (SSSR count). The fourth-order valence-corrected chi connectivity index (χ4v) is 3.32. The summed E-state index contributed by atoms with van der Waals surface area (Å²) in [6, 6.07) is 13.2. The molecule has 162 valence electrons. The van der Waals surface area contributed by atoms with Gasteiger partial charge in [-0.15, -0.1) is 0 Å². The highest BCUT2D eigenvalue weighted by Crippen LogP contribution is 2.27. The lowest BCUT2D eigenvalue weighted by Crippen LogP contribution is -2.32. The van der Waals surface area contributed by atoms with Crippen LogP contribution < -0.4 is 11.5 Å². The van der Waals surface area contributed by atoms with Gasteiger partial charge in [0, 0.05) is 46.4 Å². The van der Waals surface area contributed by atoms with Crippen molar-refractivity contribution in [2.24, 2.45) is 11.5 Å². The standard InChI is InChI=1S/C11H12N2O3.C11H12N2O2/c12-8(11(15)16)5-7-6-3-1-2-4-9(6)13-10(7)14;12-9(11(14)15)5-7-6-13-10-4-2-1-3-8(7)10/h1-4,8,13-14H,5,12H2,(H,15,16);1-4,6,9,13H,5,12H2,(H,14,15)/t8-;9-/m00/s1. The van der Waals surface area contributed by atoms with Gasteiger partial charge in [0.15, 0.2) is 5.88 Å². The molecule has 0 aliphatic rings. The molecule has 31 heavy (non-hydrogen) atoms. The van der Waals surface area contributed by atoms with E-state index in [-0.39, 0.29) is 12.3 Å². The van der Waals surface area contributed by atoms with E-state index in [1.165, 1.54) is 0 Å². The highest BCUT2D eigenvalue weighted by molar-refractivity contribution is 5.87. The Hall–Kier alpha value is -3.82. The van der Waals surface area contributed by atoms with Crippen LogP contribution in [0.2, 0.25) is 0 Å². The van der Waals surface area contributed by atoms with Crippen LogP contribution in [0.15, 0.2) is 54.7 Å². The van der Waals surface area contributed by atoms with Crippen LogP contribution in [-0.4, -0.2) is 49.3 Å². The lowest BCUT2D eigenvalue weighted by Gasteiger charge is -2.05. The molecule has 0 saturated carbocycles. The van der Waals surface area contributed by atoms with Crippen molar-refractivity contribution >= 4 is 33.7 Å². The summed E-state index contributed by atoms with van der Waals surface area (Å²) in [5, 5.41) is 28.9. The topological polar surface area (TPSA) is 178 Å². The zero-order chi connectivity index (χ0) is 22.5. The van der Waals surface area contributed by atoms with Crippen LogP contribution in [0.1, 0.15) is 11.1 Å². The van der Waals surface area contributed by atoms with Crippen molar-refractivity contribution in [3.63, 3.8) is 0 Å². The van der Waals surface area contributed by atoms with Crippen molar-refractivity contribution in [2.75, 3.05) is 0 Å². The third-order valence-corrected chi connectivity index (χ3v) is 4.96. The molecule has 4 aromatic rings. The second-order valence-electron chi connectivity index (χ2n) is 7.15. The number of aromatic nitrogens is 2. The number of aromatic hydroxyl groups is 1. The van der Waals surface area contributed by atoms with Crippen molar-refractivity contribution in [3.05, 3.63) is 65.9 Å². The molecule has 0 radical (unpaired) electrons. The van der Waals surface area contributed by atoms with Crippen LogP contribution >= 0.6 is 0 Å². The molecule has 0 unspecified atom stereocenters. The predicted octanol–water partition coefficient (Wildman–Crippen LogP) is 1.95. The van der Waals surface area contributed by atoms with Gasteiger partial charge in [-0.2, -0.15) is 0 Å². The Morgan fingerprint density at radius 2 is 1.39 bits per heavy atom. The first kappa shape index (κ1) is 21.9. The first-order chi connectivity index (χ1) is 14.8. The number of hydrogen-bond donors (Lipinski definition) is 7. The summed E-state index contributed by atoms with van der Waals surface area (Å²) >= 11 is 0. The molecule has 0 amide bonds. The Balaban J connectivity index is 0.000000176. The summed E-state index contributed by atoms with van der Waals surface area (Å²) in [7, 11) is 0. The van der Waals surface area contributed by atoms with Crippen LogP contribution in [0.25, 0.3) is 21.8 Å². The number of para-hydroxylation sites is 2. The van der Waals surface area contributed by atoms with Gasteiger partial charge in [-0.3, -0.25) is 9.59 Å². The minimum absolute atomic E-state index is 0.0158. The molecule has 9 N–H and O–H groups in total. The molecule has 0 aliphatic carbocycles. The Bertz CT molecular complexity index is 1210. The number of nitrogens with two attached hydrogens (primary N) is 2. The average Bonchev–Trinajstić information content (AvgIpc) is 3.29. The average molecular weight is 424 g/mol. The van der Waals surface area contributed by atoms with Gasteiger partial charge in [-0.1, -0.05) is 36.4 Å². The molecule has 9 heteroatoms. The van der Waals surface area contributed by atoms with Crippen molar-refractivity contribution in [1.29, 1.82) is 0 Å². The number of fused-ring (bicyclic) bond motifs is 2. The smallest absolute Gasteiger partial charge is 0.320 e. The molecule has 0 bridgehead atoms. The number of carboxylic acids is 2. The van der Waals surface area contributed by atoms with Gasteiger partial charge in [0.1, 0.15) is 12.1 Å². The normalized spacial score (nSPS) is 12.8. The highest BCUT2D eigenvalue weighted by Gasteiger charge is 2.18. The molecule has 2 aromatic carbocycles. The van der Waals surface area contributed by atoms with Gasteiger partial charge in [-0.05, 0) is 17.7 Å². The Labute approximate surface area is 177 Å². The van der Waals surface area contributed by atoms with E-state index in [0.29, 0.717) is 12.0 Å². The van der Waals surface area contributed by atoms with Crippen LogP contribution in [0, 0.1) is 0 Å². The van der Waals surface area contributed by atoms with E-state index in [1.807, 2.05) is 54.7 Å². The first-order valence-electron chi connectivity index (χ1n) is 9.58. The van der Waals surface area contributed by atoms with E-state index in [2.05, 4.69) is 9.97 Å². The predicted molar refractivity (Wildman–Crippen MR) is 117 cm³/mol. The van der Waals surface area contributed by atoms with Crippen LogP contribution in [-0.2, 0) is 22.4 Å². The summed E-state index contributed by atoms with van der Waals surface area (Å²) in [5.74, 6) is -2.07. The quantitative estimate of drug-likeness (QED) is 0.247. The SMILES string of the molecule is N[C@@H](Cc1c(O)[nH]c2ccccc12)C(=O)O.N[C@@H](Cc1c[nH]c2ccccc12)C(=O)O. The van der Waals surface area contributed by atoms with Crippen molar-refractivity contribution in [2.45, 2.75) is 24.9 Å². The zero-order valence-electron chi connectivity index (χ0n) is 16.6. The fourth-order valence-electron chi connectivity index (χ4n) is 3.32. The summed E-state index contributed by atoms with van der Waals surface area (Å²) in [5.41, 5.74) is 14.2. The van der Waals surface area contributed by atoms with Crippen molar-refractivity contribution in [1.82, 2.24) is 9.97 Å². The number of carboxylic acid groups (broad SMARTS) is 2. The van der Waals surface area contributed by atoms with Crippen LogP contribution in [0.4, 0.5) is 0 Å². The maximum atomic E-state index is 10.7. The number of aliphatic carboxylic acids is 2. The van der Waals surface area contributed by atoms with E-state index in [4.69, 9.17) is 21.7 Å². The maximum absolute atomic E-state index is 10.7. The minimum atomic E-state index is -1.08. The van der Waals surface area contributed by atoms with E-state index in [0.717, 1.165) is 27.4 Å². The van der Waals surface area contributed by atoms with Gasteiger partial charge >= 0.3 is 11.9 Å². The number of carbonyl (C=O) groups is 2. The summed E-state index contributed by atoms with van der Waals surface area (Å²) < 4.78 is 0. The molecular weight excluding hydrogens is 400 g/mol. The number of benzene rings is 2. The van der Waals surface area contributed by atoms with Gasteiger partial charge in [0.05, 0.1) is 0 Å².